The molecule has 0 aromatic heterocycles. The summed E-state index contributed by atoms with van der Waals surface area (Å²) < 4.78 is 29.4. The number of benzene rings is 2. The standard InChI is InChI=1S/C21H21F2NO/c22-21(23)25-20-8-4-7-16(13-20)17-11-18-9-10-19(12-17)24(18)14-15-5-2-1-3-6-15/h1-8,11,13,18-19,21H,9-10,12,14H2. The highest BCUT2D eigenvalue weighted by Crippen LogP contribution is 2.39. The number of hydrogen-bond acceptors (Lipinski definition) is 2. The lowest BCUT2D eigenvalue weighted by Gasteiger charge is -2.34. The summed E-state index contributed by atoms with van der Waals surface area (Å²) in [4.78, 5) is 2.57. The molecular weight excluding hydrogens is 320 g/mol. The van der Waals surface area contributed by atoms with E-state index in [1.54, 1.807) is 18.2 Å². The molecule has 130 valence electrons. The fourth-order valence-corrected chi connectivity index (χ4v) is 4.04. The fourth-order valence-electron chi connectivity index (χ4n) is 4.04. The molecule has 2 heterocycles. The normalized spacial score (nSPS) is 22.9. The van der Waals surface area contributed by atoms with Crippen LogP contribution in [0.15, 0.2) is 60.7 Å². The van der Waals surface area contributed by atoms with E-state index in [0.29, 0.717) is 12.1 Å². The number of halogens is 2. The monoisotopic (exact) mass is 341 g/mol. The van der Waals surface area contributed by atoms with Gasteiger partial charge < -0.3 is 4.74 Å². The SMILES string of the molecule is FC(F)Oc1cccc(C2=CC3CCC(C2)N3Cc2ccccc2)c1. The zero-order valence-corrected chi connectivity index (χ0v) is 13.9. The van der Waals surface area contributed by atoms with Gasteiger partial charge in [-0.25, -0.2) is 0 Å². The van der Waals surface area contributed by atoms with Crippen molar-refractivity contribution >= 4 is 5.57 Å². The Labute approximate surface area is 146 Å². The van der Waals surface area contributed by atoms with Crippen molar-refractivity contribution in [2.75, 3.05) is 0 Å². The van der Waals surface area contributed by atoms with Crippen molar-refractivity contribution < 1.29 is 13.5 Å². The van der Waals surface area contributed by atoms with Crippen LogP contribution in [0.3, 0.4) is 0 Å². The van der Waals surface area contributed by atoms with E-state index < -0.39 is 6.61 Å². The second kappa shape index (κ2) is 6.96. The highest BCUT2D eigenvalue weighted by atomic mass is 19.3. The minimum Gasteiger partial charge on any atom is -0.435 e. The van der Waals surface area contributed by atoms with Gasteiger partial charge in [0.1, 0.15) is 5.75 Å². The quantitative estimate of drug-likeness (QED) is 0.749. The van der Waals surface area contributed by atoms with Gasteiger partial charge in [0.15, 0.2) is 0 Å². The van der Waals surface area contributed by atoms with Crippen LogP contribution in [0.2, 0.25) is 0 Å². The van der Waals surface area contributed by atoms with Crippen molar-refractivity contribution in [2.24, 2.45) is 0 Å². The van der Waals surface area contributed by atoms with Gasteiger partial charge in [-0.3, -0.25) is 4.90 Å². The van der Waals surface area contributed by atoms with E-state index in [4.69, 9.17) is 0 Å². The van der Waals surface area contributed by atoms with Gasteiger partial charge in [0.05, 0.1) is 0 Å². The van der Waals surface area contributed by atoms with Crippen LogP contribution < -0.4 is 4.74 Å². The summed E-state index contributed by atoms with van der Waals surface area (Å²) in [6, 6.07) is 18.6. The highest BCUT2D eigenvalue weighted by Gasteiger charge is 2.36. The Morgan fingerprint density at radius 1 is 1.04 bits per heavy atom. The zero-order chi connectivity index (χ0) is 17.2. The van der Waals surface area contributed by atoms with E-state index in [1.165, 1.54) is 17.6 Å². The maximum atomic E-state index is 12.4. The lowest BCUT2D eigenvalue weighted by molar-refractivity contribution is -0.0498. The molecule has 4 heteroatoms. The molecule has 0 N–H and O–H groups in total. The Bertz CT molecular complexity index is 760. The second-order valence-electron chi connectivity index (χ2n) is 6.76. The molecule has 2 aliphatic rings. The number of nitrogens with zero attached hydrogens (tertiary/aromatic N) is 1. The summed E-state index contributed by atoms with van der Waals surface area (Å²) in [5, 5.41) is 0. The van der Waals surface area contributed by atoms with E-state index in [9.17, 15) is 8.78 Å². The molecule has 2 aromatic carbocycles. The van der Waals surface area contributed by atoms with Gasteiger partial charge in [-0.2, -0.15) is 8.78 Å². The van der Waals surface area contributed by atoms with E-state index in [1.807, 2.05) is 12.1 Å². The van der Waals surface area contributed by atoms with Gasteiger partial charge in [-0.05, 0) is 48.1 Å². The first-order chi connectivity index (χ1) is 12.2. The summed E-state index contributed by atoms with van der Waals surface area (Å²) in [5.41, 5.74) is 3.58. The molecule has 0 radical (unpaired) electrons. The number of ether oxygens (including phenoxy) is 1. The van der Waals surface area contributed by atoms with Crippen LogP contribution in [0.4, 0.5) is 8.78 Å². The molecule has 2 bridgehead atoms. The Balaban J connectivity index is 1.53. The molecular formula is C21H21F2NO. The Morgan fingerprint density at radius 2 is 1.88 bits per heavy atom. The van der Waals surface area contributed by atoms with Gasteiger partial charge in [0.2, 0.25) is 0 Å². The summed E-state index contributed by atoms with van der Waals surface area (Å²) in [6.07, 6.45) is 5.62. The molecule has 2 unspecified atom stereocenters. The van der Waals surface area contributed by atoms with Gasteiger partial charge in [-0.1, -0.05) is 48.5 Å². The Morgan fingerprint density at radius 3 is 2.64 bits per heavy atom. The van der Waals surface area contributed by atoms with Crippen LogP contribution in [0, 0.1) is 0 Å². The fraction of sp³-hybridized carbons (Fsp3) is 0.333. The van der Waals surface area contributed by atoms with Crippen LogP contribution in [0.1, 0.15) is 30.4 Å². The first kappa shape index (κ1) is 16.3. The molecule has 0 saturated carbocycles. The van der Waals surface area contributed by atoms with Crippen molar-refractivity contribution in [3.63, 3.8) is 0 Å². The van der Waals surface area contributed by atoms with E-state index in [-0.39, 0.29) is 5.75 Å². The number of hydrogen-bond donors (Lipinski definition) is 0. The van der Waals surface area contributed by atoms with Crippen LogP contribution in [-0.2, 0) is 6.54 Å². The van der Waals surface area contributed by atoms with Gasteiger partial charge >= 0.3 is 6.61 Å². The van der Waals surface area contributed by atoms with Gasteiger partial charge in [0.25, 0.3) is 0 Å². The topological polar surface area (TPSA) is 12.5 Å². The third-order valence-electron chi connectivity index (χ3n) is 5.18. The third-order valence-corrected chi connectivity index (χ3v) is 5.18. The maximum absolute atomic E-state index is 12.4. The number of rotatable bonds is 5. The van der Waals surface area contributed by atoms with Gasteiger partial charge in [-0.15, -0.1) is 0 Å². The van der Waals surface area contributed by atoms with Crippen molar-refractivity contribution in [3.05, 3.63) is 71.8 Å². The van der Waals surface area contributed by atoms with E-state index >= 15 is 0 Å². The van der Waals surface area contributed by atoms with E-state index in [0.717, 1.165) is 24.9 Å². The average Bonchev–Trinajstić information content (AvgIpc) is 2.84. The molecule has 2 aromatic rings. The van der Waals surface area contributed by atoms with Crippen molar-refractivity contribution in [3.8, 4) is 5.75 Å². The highest BCUT2D eigenvalue weighted by molar-refractivity contribution is 5.69. The van der Waals surface area contributed by atoms with Crippen LogP contribution >= 0.6 is 0 Å². The lowest BCUT2D eigenvalue weighted by atomic mass is 9.94. The molecule has 0 amide bonds. The van der Waals surface area contributed by atoms with Gasteiger partial charge in [0, 0.05) is 18.6 Å². The Hall–Kier alpha value is -2.20. The number of fused-ring (bicyclic) bond motifs is 2. The minimum absolute atomic E-state index is 0.229. The first-order valence-electron chi connectivity index (χ1n) is 8.74. The molecule has 25 heavy (non-hydrogen) atoms. The molecule has 0 aliphatic carbocycles. The van der Waals surface area contributed by atoms with Crippen LogP contribution in [0.25, 0.3) is 5.57 Å². The molecule has 1 fully saturated rings. The summed E-state index contributed by atoms with van der Waals surface area (Å²) in [6.45, 7) is -1.82. The van der Waals surface area contributed by atoms with Crippen LogP contribution in [0.5, 0.6) is 5.75 Å². The predicted molar refractivity (Wildman–Crippen MR) is 94.5 cm³/mol. The summed E-state index contributed by atoms with van der Waals surface area (Å²) in [7, 11) is 0. The summed E-state index contributed by atoms with van der Waals surface area (Å²) >= 11 is 0. The largest absolute Gasteiger partial charge is 0.435 e. The Kier molecular flexibility index (Phi) is 4.53. The second-order valence-corrected chi connectivity index (χ2v) is 6.76. The van der Waals surface area contributed by atoms with Crippen molar-refractivity contribution in [1.29, 1.82) is 0 Å². The molecule has 4 rings (SSSR count). The third kappa shape index (κ3) is 3.59. The minimum atomic E-state index is -2.78. The summed E-state index contributed by atoms with van der Waals surface area (Å²) in [5.74, 6) is 0.229. The smallest absolute Gasteiger partial charge is 0.387 e. The number of alkyl halides is 2. The van der Waals surface area contributed by atoms with Crippen LogP contribution in [-0.4, -0.2) is 23.6 Å². The van der Waals surface area contributed by atoms with Crippen molar-refractivity contribution in [2.45, 2.75) is 44.5 Å². The molecule has 2 atom stereocenters. The molecule has 2 nitrogen and oxygen atoms in total. The molecule has 2 aliphatic heterocycles. The average molecular weight is 341 g/mol. The first-order valence-corrected chi connectivity index (χ1v) is 8.74. The zero-order valence-electron chi connectivity index (χ0n) is 13.9. The molecule has 1 saturated heterocycles. The maximum Gasteiger partial charge on any atom is 0.387 e. The lowest BCUT2D eigenvalue weighted by Crippen LogP contribution is -2.37. The van der Waals surface area contributed by atoms with E-state index in [2.05, 4.69) is 40.0 Å². The molecule has 0 spiro atoms. The predicted octanol–water partition coefficient (Wildman–Crippen LogP) is 5.11. The van der Waals surface area contributed by atoms with Crippen molar-refractivity contribution in [1.82, 2.24) is 4.90 Å².